The van der Waals surface area contributed by atoms with Crippen molar-refractivity contribution in [3.63, 3.8) is 0 Å². The number of nitrogens with zero attached hydrogens (tertiary/aromatic N) is 3. The fourth-order valence-electron chi connectivity index (χ4n) is 4.32. The Labute approximate surface area is 130 Å². The highest BCUT2D eigenvalue weighted by molar-refractivity contribution is 5.80. The molecule has 118 valence electrons. The largest absolute Gasteiger partial charge is 0.388 e. The Morgan fingerprint density at radius 2 is 2.09 bits per heavy atom. The molecule has 3 unspecified atom stereocenters. The van der Waals surface area contributed by atoms with E-state index in [1.54, 1.807) is 12.5 Å². The van der Waals surface area contributed by atoms with Crippen molar-refractivity contribution >= 4 is 5.91 Å². The van der Waals surface area contributed by atoms with E-state index in [1.807, 2.05) is 15.7 Å². The van der Waals surface area contributed by atoms with Crippen LogP contribution in [0.15, 0.2) is 30.9 Å². The van der Waals surface area contributed by atoms with E-state index < -0.39 is 5.60 Å². The number of fused-ring (bicyclic) bond motifs is 2. The van der Waals surface area contributed by atoms with Crippen LogP contribution in [0, 0.1) is 17.8 Å². The normalized spacial score (nSPS) is 32.6. The molecule has 1 aromatic heterocycles. The van der Waals surface area contributed by atoms with E-state index in [0.717, 1.165) is 12.8 Å². The lowest BCUT2D eigenvalue weighted by atomic mass is 9.88. The molecule has 0 radical (unpaired) electrons. The average molecular weight is 301 g/mol. The van der Waals surface area contributed by atoms with Crippen LogP contribution in [0.4, 0.5) is 0 Å². The Morgan fingerprint density at radius 3 is 2.68 bits per heavy atom. The number of amides is 1. The number of allylic oxidation sites excluding steroid dienone is 2. The number of imidazole rings is 1. The molecule has 3 atom stereocenters. The van der Waals surface area contributed by atoms with Crippen molar-refractivity contribution in [3.8, 4) is 0 Å². The first kappa shape index (κ1) is 14.0. The Bertz CT molecular complexity index is 573. The summed E-state index contributed by atoms with van der Waals surface area (Å²) in [7, 11) is 0. The molecule has 1 saturated carbocycles. The van der Waals surface area contributed by atoms with Gasteiger partial charge >= 0.3 is 0 Å². The first-order chi connectivity index (χ1) is 10.6. The first-order valence-electron chi connectivity index (χ1n) is 8.28. The second-order valence-corrected chi connectivity index (χ2v) is 7.17. The van der Waals surface area contributed by atoms with Crippen molar-refractivity contribution < 1.29 is 9.90 Å². The van der Waals surface area contributed by atoms with E-state index in [9.17, 15) is 9.90 Å². The van der Waals surface area contributed by atoms with Crippen LogP contribution in [-0.2, 0) is 11.3 Å². The molecule has 1 N–H and O–H groups in total. The van der Waals surface area contributed by atoms with Gasteiger partial charge in [-0.15, -0.1) is 0 Å². The smallest absolute Gasteiger partial charge is 0.226 e. The number of carbonyl (C=O) groups is 1. The third-order valence-electron chi connectivity index (χ3n) is 5.64. The van der Waals surface area contributed by atoms with Crippen LogP contribution in [0.5, 0.6) is 0 Å². The monoisotopic (exact) mass is 301 g/mol. The molecule has 5 heteroatoms. The van der Waals surface area contributed by atoms with Crippen molar-refractivity contribution in [2.75, 3.05) is 13.1 Å². The van der Waals surface area contributed by atoms with Crippen LogP contribution in [-0.4, -0.2) is 44.2 Å². The fourth-order valence-corrected chi connectivity index (χ4v) is 4.32. The van der Waals surface area contributed by atoms with Gasteiger partial charge in [0.05, 0.1) is 18.5 Å². The van der Waals surface area contributed by atoms with Crippen LogP contribution in [0.2, 0.25) is 0 Å². The van der Waals surface area contributed by atoms with Crippen molar-refractivity contribution in [1.82, 2.24) is 14.5 Å². The molecule has 0 spiro atoms. The molecule has 2 heterocycles. The van der Waals surface area contributed by atoms with Gasteiger partial charge in [-0.1, -0.05) is 12.2 Å². The Kier molecular flexibility index (Phi) is 3.33. The van der Waals surface area contributed by atoms with E-state index in [0.29, 0.717) is 50.2 Å². The third kappa shape index (κ3) is 2.47. The molecule has 4 rings (SSSR count). The summed E-state index contributed by atoms with van der Waals surface area (Å²) < 4.78 is 1.91. The summed E-state index contributed by atoms with van der Waals surface area (Å²) >= 11 is 0. The van der Waals surface area contributed by atoms with Gasteiger partial charge in [0.15, 0.2) is 0 Å². The quantitative estimate of drug-likeness (QED) is 0.860. The number of piperidine rings is 1. The molecule has 2 fully saturated rings. The van der Waals surface area contributed by atoms with Crippen molar-refractivity contribution in [3.05, 3.63) is 30.9 Å². The lowest BCUT2D eigenvalue weighted by Crippen LogP contribution is -2.50. The van der Waals surface area contributed by atoms with Crippen LogP contribution >= 0.6 is 0 Å². The van der Waals surface area contributed by atoms with Gasteiger partial charge in [-0.25, -0.2) is 4.98 Å². The lowest BCUT2D eigenvalue weighted by molar-refractivity contribution is -0.141. The van der Waals surface area contributed by atoms with E-state index >= 15 is 0 Å². The second kappa shape index (κ2) is 5.23. The number of hydrogen-bond acceptors (Lipinski definition) is 3. The van der Waals surface area contributed by atoms with Gasteiger partial charge in [-0.05, 0) is 37.5 Å². The minimum Gasteiger partial charge on any atom is -0.388 e. The summed E-state index contributed by atoms with van der Waals surface area (Å²) in [6, 6.07) is 0. The predicted molar refractivity (Wildman–Crippen MR) is 81.8 cm³/mol. The highest BCUT2D eigenvalue weighted by Crippen LogP contribution is 2.44. The summed E-state index contributed by atoms with van der Waals surface area (Å²) in [5.41, 5.74) is -0.716. The first-order valence-corrected chi connectivity index (χ1v) is 8.28. The van der Waals surface area contributed by atoms with Gasteiger partial charge in [0.2, 0.25) is 5.91 Å². The maximum absolute atomic E-state index is 12.7. The van der Waals surface area contributed by atoms with Crippen LogP contribution in [0.3, 0.4) is 0 Å². The molecule has 1 aliphatic heterocycles. The lowest BCUT2D eigenvalue weighted by Gasteiger charge is -2.39. The number of aromatic nitrogens is 2. The highest BCUT2D eigenvalue weighted by Gasteiger charge is 2.43. The Balaban J connectivity index is 1.35. The number of rotatable bonds is 3. The molecule has 2 bridgehead atoms. The van der Waals surface area contributed by atoms with Crippen LogP contribution in [0.25, 0.3) is 0 Å². The molecular formula is C17H23N3O2. The molecule has 1 aromatic rings. The van der Waals surface area contributed by atoms with E-state index in [-0.39, 0.29) is 5.92 Å². The molecule has 2 aliphatic carbocycles. The topological polar surface area (TPSA) is 58.4 Å². The van der Waals surface area contributed by atoms with Gasteiger partial charge in [0.1, 0.15) is 0 Å². The van der Waals surface area contributed by atoms with Gasteiger partial charge in [-0.2, -0.15) is 0 Å². The maximum Gasteiger partial charge on any atom is 0.226 e. The van der Waals surface area contributed by atoms with Crippen molar-refractivity contribution in [1.29, 1.82) is 0 Å². The van der Waals surface area contributed by atoms with Crippen molar-refractivity contribution in [2.45, 2.75) is 37.8 Å². The number of hydrogen-bond donors (Lipinski definition) is 1. The minimum atomic E-state index is -0.716. The van der Waals surface area contributed by atoms with E-state index in [4.69, 9.17) is 0 Å². The minimum absolute atomic E-state index is 0.190. The zero-order chi connectivity index (χ0) is 15.2. The standard InChI is InChI=1S/C17H23N3O2/c21-16(15-10-13-1-2-14(15)9-13)20-6-3-17(22,4-7-20)11-19-8-5-18-12-19/h1-2,5,8,12-15,22H,3-4,6-7,9-11H2. The van der Waals surface area contributed by atoms with Gasteiger partial charge in [0, 0.05) is 31.4 Å². The number of likely N-dealkylation sites (tertiary alicyclic amines) is 1. The molecule has 5 nitrogen and oxygen atoms in total. The summed E-state index contributed by atoms with van der Waals surface area (Å²) in [6.07, 6.45) is 13.3. The molecule has 22 heavy (non-hydrogen) atoms. The summed E-state index contributed by atoms with van der Waals surface area (Å²) in [5.74, 6) is 1.59. The van der Waals surface area contributed by atoms with Gasteiger partial charge in [-0.3, -0.25) is 4.79 Å². The zero-order valence-corrected chi connectivity index (χ0v) is 12.8. The molecule has 3 aliphatic rings. The summed E-state index contributed by atoms with van der Waals surface area (Å²) in [4.78, 5) is 18.7. The van der Waals surface area contributed by atoms with Crippen LogP contribution < -0.4 is 0 Å². The fraction of sp³-hybridized carbons (Fsp3) is 0.647. The maximum atomic E-state index is 12.7. The molecule has 0 aromatic carbocycles. The Hall–Kier alpha value is -1.62. The summed E-state index contributed by atoms with van der Waals surface area (Å²) in [5, 5.41) is 10.7. The third-order valence-corrected chi connectivity index (χ3v) is 5.64. The molecule has 1 saturated heterocycles. The van der Waals surface area contributed by atoms with E-state index in [1.165, 1.54) is 0 Å². The SMILES string of the molecule is O=C(C1CC2C=CC1C2)N1CCC(O)(Cn2ccnc2)CC1. The number of carbonyl (C=O) groups excluding carboxylic acids is 1. The second-order valence-electron chi connectivity index (χ2n) is 7.17. The summed E-state index contributed by atoms with van der Waals surface area (Å²) in [6.45, 7) is 1.90. The molecule has 1 amide bonds. The van der Waals surface area contributed by atoms with Gasteiger partial charge in [0.25, 0.3) is 0 Å². The van der Waals surface area contributed by atoms with Crippen LogP contribution in [0.1, 0.15) is 25.7 Å². The Morgan fingerprint density at radius 1 is 1.27 bits per heavy atom. The average Bonchev–Trinajstić information content (AvgIpc) is 3.24. The molecular weight excluding hydrogens is 278 g/mol. The predicted octanol–water partition coefficient (Wildman–Crippen LogP) is 1.45. The van der Waals surface area contributed by atoms with Gasteiger partial charge < -0.3 is 14.6 Å². The van der Waals surface area contributed by atoms with E-state index in [2.05, 4.69) is 17.1 Å². The zero-order valence-electron chi connectivity index (χ0n) is 12.8. The van der Waals surface area contributed by atoms with Crippen molar-refractivity contribution in [2.24, 2.45) is 17.8 Å². The highest BCUT2D eigenvalue weighted by atomic mass is 16.3. The number of aliphatic hydroxyl groups is 1.